The van der Waals surface area contributed by atoms with Crippen molar-refractivity contribution in [3.63, 3.8) is 0 Å². The molecule has 1 amide bonds. The van der Waals surface area contributed by atoms with Gasteiger partial charge in [-0.3, -0.25) is 0 Å². The average Bonchev–Trinajstić information content (AvgIpc) is 3.35. The van der Waals surface area contributed by atoms with Crippen molar-refractivity contribution < 1.29 is 9.53 Å². The molecule has 0 spiro atoms. The van der Waals surface area contributed by atoms with Crippen molar-refractivity contribution in [3.8, 4) is 0 Å². The Hall–Kier alpha value is -1.07. The van der Waals surface area contributed by atoms with Crippen LogP contribution in [0.3, 0.4) is 0 Å². The third-order valence-electron chi connectivity index (χ3n) is 14.4. The highest BCUT2D eigenvalue weighted by Gasteiger charge is 2.59. The van der Waals surface area contributed by atoms with Crippen LogP contribution in [0.4, 0.5) is 4.79 Å². The van der Waals surface area contributed by atoms with E-state index >= 15 is 0 Å². The van der Waals surface area contributed by atoms with Crippen molar-refractivity contribution >= 4 is 6.09 Å². The quantitative estimate of drug-likeness (QED) is 0.118. The van der Waals surface area contributed by atoms with Crippen LogP contribution in [0, 0.1) is 52.3 Å². The molecular weight excluding hydrogens is 603 g/mol. The monoisotopic (exact) mass is 684 g/mol. The maximum absolute atomic E-state index is 14.0. The average molecular weight is 684 g/mol. The van der Waals surface area contributed by atoms with E-state index in [2.05, 4.69) is 92.5 Å². The number of ether oxygens (including phenoxy) is 1. The highest BCUT2D eigenvalue weighted by molar-refractivity contribution is 5.68. The molecule has 4 aliphatic rings. The van der Waals surface area contributed by atoms with Crippen LogP contribution in [-0.2, 0) is 4.74 Å². The fourth-order valence-electron chi connectivity index (χ4n) is 12.0. The second kappa shape index (κ2) is 17.6. The predicted molar refractivity (Wildman–Crippen MR) is 208 cm³/mol. The molecule has 5 heteroatoms. The minimum Gasteiger partial charge on any atom is -0.446 e. The maximum atomic E-state index is 14.0. The molecule has 0 bridgehead atoms. The van der Waals surface area contributed by atoms with Crippen LogP contribution < -0.4 is 11.1 Å². The van der Waals surface area contributed by atoms with Gasteiger partial charge in [-0.25, -0.2) is 4.79 Å². The van der Waals surface area contributed by atoms with Gasteiger partial charge in [0, 0.05) is 30.6 Å². The number of nitrogens with two attached hydrogens (primary N) is 1. The molecule has 5 nitrogen and oxygen atoms in total. The van der Waals surface area contributed by atoms with Crippen LogP contribution in [0.2, 0.25) is 0 Å². The second-order valence-corrected chi connectivity index (χ2v) is 19.5. The summed E-state index contributed by atoms with van der Waals surface area (Å²) in [5.74, 6) is 5.63. The molecule has 0 heterocycles. The Bertz CT molecular complexity index is 1070. The van der Waals surface area contributed by atoms with E-state index in [1.165, 1.54) is 57.8 Å². The first kappa shape index (κ1) is 40.7. The van der Waals surface area contributed by atoms with Crippen molar-refractivity contribution in [2.75, 3.05) is 6.54 Å². The first-order valence-electron chi connectivity index (χ1n) is 21.2. The van der Waals surface area contributed by atoms with Crippen LogP contribution in [0.1, 0.15) is 172 Å². The van der Waals surface area contributed by atoms with Gasteiger partial charge in [0.25, 0.3) is 0 Å². The molecule has 0 radical (unpaired) electrons. The summed E-state index contributed by atoms with van der Waals surface area (Å²) in [6.45, 7) is 26.8. The molecule has 284 valence electrons. The molecule has 0 saturated heterocycles. The van der Waals surface area contributed by atoms with E-state index in [-0.39, 0.29) is 35.7 Å². The van der Waals surface area contributed by atoms with Gasteiger partial charge in [0.2, 0.25) is 0 Å². The summed E-state index contributed by atoms with van der Waals surface area (Å²) >= 11 is 0. The summed E-state index contributed by atoms with van der Waals surface area (Å²) in [5, 5.41) is 3.65. The second-order valence-electron chi connectivity index (χ2n) is 19.5. The maximum Gasteiger partial charge on any atom is 0.410 e. The third-order valence-corrected chi connectivity index (χ3v) is 14.4. The first-order valence-corrected chi connectivity index (χ1v) is 21.2. The lowest BCUT2D eigenvalue weighted by atomic mass is 9.47. The van der Waals surface area contributed by atoms with E-state index < -0.39 is 0 Å². The van der Waals surface area contributed by atoms with E-state index in [1.807, 2.05) is 0 Å². The van der Waals surface area contributed by atoms with E-state index in [0.717, 1.165) is 80.6 Å². The fourth-order valence-corrected chi connectivity index (χ4v) is 12.0. The molecular formula is C44H81N3O2. The number of carbonyl (C=O) groups excluding carboxylic acids is 1. The number of amides is 1. The first-order chi connectivity index (χ1) is 23.1. The lowest BCUT2D eigenvalue weighted by Gasteiger charge is -2.58. The van der Waals surface area contributed by atoms with Crippen LogP contribution in [0.25, 0.3) is 0 Å². The molecule has 0 aromatic carbocycles. The summed E-state index contributed by atoms with van der Waals surface area (Å²) in [4.78, 5) is 16.1. The minimum atomic E-state index is -0.0882. The highest BCUT2D eigenvalue weighted by atomic mass is 16.6. The van der Waals surface area contributed by atoms with Gasteiger partial charge in [-0.05, 0) is 157 Å². The molecule has 3 fully saturated rings. The van der Waals surface area contributed by atoms with Crippen molar-refractivity contribution in [1.29, 1.82) is 0 Å². The van der Waals surface area contributed by atoms with E-state index in [0.29, 0.717) is 17.4 Å². The summed E-state index contributed by atoms with van der Waals surface area (Å²) in [7, 11) is 0. The number of hydrogen-bond donors (Lipinski definition) is 2. The van der Waals surface area contributed by atoms with Gasteiger partial charge in [0.1, 0.15) is 6.10 Å². The van der Waals surface area contributed by atoms with Crippen LogP contribution >= 0.6 is 0 Å². The number of nitrogens with zero attached hydrogens (tertiary/aromatic N) is 1. The van der Waals surface area contributed by atoms with Gasteiger partial charge in [-0.1, -0.05) is 79.4 Å². The summed E-state index contributed by atoms with van der Waals surface area (Å²) in [6, 6.07) is 0.945. The van der Waals surface area contributed by atoms with Crippen molar-refractivity contribution in [2.45, 2.75) is 203 Å². The zero-order valence-electron chi connectivity index (χ0n) is 34.2. The molecule has 0 aromatic rings. The van der Waals surface area contributed by atoms with Gasteiger partial charge >= 0.3 is 6.09 Å². The van der Waals surface area contributed by atoms with Crippen molar-refractivity contribution in [3.05, 3.63) is 11.6 Å². The molecule has 11 atom stereocenters. The normalized spacial score (nSPS) is 33.8. The molecule has 0 aliphatic heterocycles. The predicted octanol–water partition coefficient (Wildman–Crippen LogP) is 11.2. The number of fused-ring (bicyclic) bond motifs is 5. The Morgan fingerprint density at radius 3 is 2.29 bits per heavy atom. The van der Waals surface area contributed by atoms with Crippen LogP contribution in [0.5, 0.6) is 0 Å². The lowest BCUT2D eigenvalue weighted by molar-refractivity contribution is -0.0603. The summed E-state index contributed by atoms with van der Waals surface area (Å²) < 4.78 is 6.48. The zero-order chi connectivity index (χ0) is 36.1. The Labute approximate surface area is 304 Å². The molecule has 4 rings (SSSR count). The van der Waals surface area contributed by atoms with E-state index in [1.54, 1.807) is 5.57 Å². The number of hydrogen-bond acceptors (Lipinski definition) is 4. The van der Waals surface area contributed by atoms with Crippen LogP contribution in [-0.4, -0.2) is 47.8 Å². The van der Waals surface area contributed by atoms with Crippen molar-refractivity contribution in [1.82, 2.24) is 10.2 Å². The number of allylic oxidation sites excluding steroid dienone is 1. The number of nitrogens with one attached hydrogen (secondary N) is 1. The zero-order valence-corrected chi connectivity index (χ0v) is 34.2. The smallest absolute Gasteiger partial charge is 0.410 e. The van der Waals surface area contributed by atoms with Gasteiger partial charge in [0.15, 0.2) is 0 Å². The Balaban J connectivity index is 1.37. The van der Waals surface area contributed by atoms with Crippen molar-refractivity contribution in [2.24, 2.45) is 58.0 Å². The molecule has 49 heavy (non-hydrogen) atoms. The summed E-state index contributed by atoms with van der Waals surface area (Å²) in [6.07, 6.45) is 20.8. The molecule has 3 N–H and O–H groups in total. The lowest BCUT2D eigenvalue weighted by Crippen LogP contribution is -2.51. The topological polar surface area (TPSA) is 67.6 Å². The van der Waals surface area contributed by atoms with Gasteiger partial charge in [0.05, 0.1) is 0 Å². The highest BCUT2D eigenvalue weighted by Crippen LogP contribution is 2.67. The SMILES string of the molecule is CC(C)CCC[C@@H](C)[C@H]1CC[C@H]2[C@@H]3CC=C4C[C@@H](OC(=O)N(C(C)C)C(CCCNC(C)CC(C)N)CC(C)C)CC[C@]4(C)[C@H]3CC[C@]12C. The number of rotatable bonds is 17. The minimum absolute atomic E-state index is 0.00139. The van der Waals surface area contributed by atoms with Crippen LogP contribution in [0.15, 0.2) is 11.6 Å². The molecule has 4 aliphatic carbocycles. The molecule has 3 unspecified atom stereocenters. The third kappa shape index (κ3) is 9.88. The van der Waals surface area contributed by atoms with E-state index in [9.17, 15) is 4.79 Å². The van der Waals surface area contributed by atoms with Gasteiger partial charge in [-0.2, -0.15) is 0 Å². The molecule has 3 saturated carbocycles. The largest absolute Gasteiger partial charge is 0.446 e. The Kier molecular flexibility index (Phi) is 14.6. The number of carbonyl (C=O) groups is 1. The summed E-state index contributed by atoms with van der Waals surface area (Å²) in [5.41, 5.74) is 8.42. The standard InChI is InChI=1S/C44H81N3O2/c1-29(2)14-12-15-32(7)39-19-20-40-38-18-17-35-28-37(21-23-43(35,10)41(38)22-24-44(39,40)11)49-42(48)47(31(5)6)36(26-30(3)4)16-13-25-46-34(9)27-33(8)45/h17,29-34,36-41,46H,12-16,18-28,45H2,1-11H3/t32-,33?,34?,36?,37+,38+,39-,40+,41+,43+,44-/m1/s1. The van der Waals surface area contributed by atoms with Gasteiger partial charge < -0.3 is 20.7 Å². The fraction of sp³-hybridized carbons (Fsp3) is 0.932. The molecule has 0 aromatic heterocycles. The Morgan fingerprint density at radius 2 is 1.63 bits per heavy atom. The van der Waals surface area contributed by atoms with E-state index in [4.69, 9.17) is 10.5 Å². The van der Waals surface area contributed by atoms with Gasteiger partial charge in [-0.15, -0.1) is 0 Å². The Morgan fingerprint density at radius 1 is 0.898 bits per heavy atom.